The first-order chi connectivity index (χ1) is 11.5. The van der Waals surface area contributed by atoms with Crippen molar-refractivity contribution < 1.29 is 0 Å². The molecular formula is C18H20BrN4P. The summed E-state index contributed by atoms with van der Waals surface area (Å²) in [5, 5.41) is 5.98. The fourth-order valence-electron chi connectivity index (χ4n) is 2.72. The topological polar surface area (TPSA) is 77.0 Å². The lowest BCUT2D eigenvalue weighted by Crippen LogP contribution is -2.13. The summed E-state index contributed by atoms with van der Waals surface area (Å²) >= 11 is 3.44. The molecule has 6 heteroatoms. The SMILES string of the molecule is CP(C)c1c(NCc2ccc(N)c(Br)c2N)ccc2cccnc12. The van der Waals surface area contributed by atoms with Crippen molar-refractivity contribution in [3.8, 4) is 0 Å². The van der Waals surface area contributed by atoms with E-state index in [2.05, 4.69) is 57.8 Å². The quantitative estimate of drug-likeness (QED) is 0.452. The van der Waals surface area contributed by atoms with Gasteiger partial charge in [0.15, 0.2) is 0 Å². The van der Waals surface area contributed by atoms with Crippen LogP contribution in [0.4, 0.5) is 17.1 Å². The number of hydrogen-bond donors (Lipinski definition) is 3. The first kappa shape index (κ1) is 17.0. The molecule has 0 fully saturated rings. The lowest BCUT2D eigenvalue weighted by Gasteiger charge is -2.18. The van der Waals surface area contributed by atoms with Crippen LogP contribution in [0.15, 0.2) is 47.1 Å². The molecule has 3 aromatic rings. The van der Waals surface area contributed by atoms with Crippen LogP contribution in [0, 0.1) is 0 Å². The molecule has 4 nitrogen and oxygen atoms in total. The first-order valence-electron chi connectivity index (χ1n) is 7.60. The summed E-state index contributed by atoms with van der Waals surface area (Å²) in [5.74, 6) is 0. The third-order valence-electron chi connectivity index (χ3n) is 3.96. The summed E-state index contributed by atoms with van der Waals surface area (Å²) in [5.41, 5.74) is 16.6. The zero-order chi connectivity index (χ0) is 17.3. The number of nitrogens with zero attached hydrogens (tertiary/aromatic N) is 1. The number of nitrogens with two attached hydrogens (primary N) is 2. The lowest BCUT2D eigenvalue weighted by molar-refractivity contribution is 1.16. The summed E-state index contributed by atoms with van der Waals surface area (Å²) in [4.78, 5) is 4.59. The van der Waals surface area contributed by atoms with Gasteiger partial charge in [0.05, 0.1) is 15.7 Å². The number of rotatable bonds is 4. The van der Waals surface area contributed by atoms with Crippen LogP contribution in [0.3, 0.4) is 0 Å². The molecule has 0 aliphatic carbocycles. The zero-order valence-electron chi connectivity index (χ0n) is 13.7. The molecule has 0 aliphatic heterocycles. The Hall–Kier alpha value is -1.84. The van der Waals surface area contributed by atoms with E-state index in [9.17, 15) is 0 Å². The second-order valence-corrected chi connectivity index (χ2v) is 8.86. The van der Waals surface area contributed by atoms with E-state index < -0.39 is 0 Å². The number of fused-ring (bicyclic) bond motifs is 1. The van der Waals surface area contributed by atoms with E-state index in [0.717, 1.165) is 21.2 Å². The van der Waals surface area contributed by atoms with Gasteiger partial charge in [-0.3, -0.25) is 4.98 Å². The molecule has 24 heavy (non-hydrogen) atoms. The van der Waals surface area contributed by atoms with Crippen molar-refractivity contribution in [3.63, 3.8) is 0 Å². The predicted octanol–water partition coefficient (Wildman–Crippen LogP) is 4.14. The third kappa shape index (κ3) is 3.19. The van der Waals surface area contributed by atoms with Crippen molar-refractivity contribution in [1.29, 1.82) is 0 Å². The maximum Gasteiger partial charge on any atom is 0.0799 e. The summed E-state index contributed by atoms with van der Waals surface area (Å²) in [7, 11) is -0.301. The normalized spacial score (nSPS) is 11.2. The number of pyridine rings is 1. The van der Waals surface area contributed by atoms with Gasteiger partial charge in [0, 0.05) is 34.8 Å². The molecule has 1 aromatic heterocycles. The van der Waals surface area contributed by atoms with Gasteiger partial charge in [-0.05, 0) is 53.0 Å². The fraction of sp³-hybridized carbons (Fsp3) is 0.167. The first-order valence-corrected chi connectivity index (χ1v) is 10.6. The molecule has 0 amide bonds. The Bertz CT molecular complexity index is 896. The van der Waals surface area contributed by atoms with Gasteiger partial charge in [-0.1, -0.05) is 26.1 Å². The largest absolute Gasteiger partial charge is 0.398 e. The van der Waals surface area contributed by atoms with Crippen LogP contribution >= 0.6 is 23.9 Å². The molecule has 0 saturated heterocycles. The van der Waals surface area contributed by atoms with Crippen LogP contribution < -0.4 is 22.1 Å². The molecule has 5 N–H and O–H groups in total. The number of nitrogens with one attached hydrogen (secondary N) is 1. The average molecular weight is 403 g/mol. The Balaban J connectivity index is 1.96. The Morgan fingerprint density at radius 1 is 1.12 bits per heavy atom. The van der Waals surface area contributed by atoms with Crippen LogP contribution in [0.1, 0.15) is 5.56 Å². The van der Waals surface area contributed by atoms with E-state index in [4.69, 9.17) is 11.5 Å². The van der Waals surface area contributed by atoms with E-state index in [1.165, 1.54) is 10.7 Å². The van der Waals surface area contributed by atoms with Crippen LogP contribution in [0.2, 0.25) is 0 Å². The highest BCUT2D eigenvalue weighted by Gasteiger charge is 2.13. The standard InChI is InChI=1S/C18H20BrN4P/c1-24(2)18-14(8-6-11-4-3-9-22-17(11)18)23-10-12-5-7-13(20)15(19)16(12)21/h3-9,23H,10,20-21H2,1-2H3. The second kappa shape index (κ2) is 6.96. The number of anilines is 3. The molecule has 2 aromatic carbocycles. The summed E-state index contributed by atoms with van der Waals surface area (Å²) in [6, 6.07) is 12.1. The molecule has 0 unspecified atom stereocenters. The number of nitrogen functional groups attached to an aromatic ring is 2. The molecule has 0 radical (unpaired) electrons. The van der Waals surface area contributed by atoms with Crippen molar-refractivity contribution >= 4 is 57.1 Å². The van der Waals surface area contributed by atoms with Crippen molar-refractivity contribution in [2.75, 3.05) is 30.1 Å². The molecular weight excluding hydrogens is 383 g/mol. The average Bonchev–Trinajstić information content (AvgIpc) is 2.58. The van der Waals surface area contributed by atoms with Crippen LogP contribution in [0.25, 0.3) is 10.9 Å². The number of benzene rings is 2. The zero-order valence-corrected chi connectivity index (χ0v) is 16.2. The maximum atomic E-state index is 6.16. The van der Waals surface area contributed by atoms with E-state index >= 15 is 0 Å². The van der Waals surface area contributed by atoms with Crippen molar-refractivity contribution in [3.05, 3.63) is 52.6 Å². The summed E-state index contributed by atoms with van der Waals surface area (Å²) in [6.07, 6.45) is 1.85. The van der Waals surface area contributed by atoms with Crippen LogP contribution in [-0.2, 0) is 6.54 Å². The Morgan fingerprint density at radius 2 is 1.92 bits per heavy atom. The van der Waals surface area contributed by atoms with Gasteiger partial charge in [-0.15, -0.1) is 0 Å². The molecule has 0 atom stereocenters. The number of aromatic nitrogens is 1. The highest BCUT2D eigenvalue weighted by Crippen LogP contribution is 2.33. The Morgan fingerprint density at radius 3 is 2.67 bits per heavy atom. The van der Waals surface area contributed by atoms with Crippen molar-refractivity contribution in [2.24, 2.45) is 0 Å². The monoisotopic (exact) mass is 402 g/mol. The minimum absolute atomic E-state index is 0.301. The third-order valence-corrected chi connectivity index (χ3v) is 6.20. The molecule has 0 spiro atoms. The van der Waals surface area contributed by atoms with E-state index in [1.54, 1.807) is 0 Å². The fourth-order valence-corrected chi connectivity index (χ4v) is 4.35. The van der Waals surface area contributed by atoms with Gasteiger partial charge in [-0.2, -0.15) is 0 Å². The molecule has 0 saturated carbocycles. The van der Waals surface area contributed by atoms with Gasteiger partial charge in [0.1, 0.15) is 0 Å². The predicted molar refractivity (Wildman–Crippen MR) is 110 cm³/mol. The second-order valence-electron chi connectivity index (χ2n) is 5.83. The highest BCUT2D eigenvalue weighted by atomic mass is 79.9. The van der Waals surface area contributed by atoms with E-state index in [1.807, 2.05) is 24.4 Å². The number of halogens is 1. The minimum Gasteiger partial charge on any atom is -0.398 e. The van der Waals surface area contributed by atoms with Crippen molar-refractivity contribution in [2.45, 2.75) is 6.54 Å². The van der Waals surface area contributed by atoms with E-state index in [-0.39, 0.29) is 7.92 Å². The Labute approximate surface area is 151 Å². The maximum absolute atomic E-state index is 6.16. The molecule has 124 valence electrons. The molecule has 1 heterocycles. The van der Waals surface area contributed by atoms with Gasteiger partial charge in [0.2, 0.25) is 0 Å². The minimum atomic E-state index is -0.301. The van der Waals surface area contributed by atoms with Gasteiger partial charge in [-0.25, -0.2) is 0 Å². The van der Waals surface area contributed by atoms with Crippen molar-refractivity contribution in [1.82, 2.24) is 4.98 Å². The number of hydrogen-bond acceptors (Lipinski definition) is 4. The smallest absolute Gasteiger partial charge is 0.0799 e. The van der Waals surface area contributed by atoms with Gasteiger partial charge >= 0.3 is 0 Å². The molecule has 0 bridgehead atoms. The van der Waals surface area contributed by atoms with Gasteiger partial charge < -0.3 is 16.8 Å². The summed E-state index contributed by atoms with van der Waals surface area (Å²) < 4.78 is 0.760. The molecule has 0 aliphatic rings. The van der Waals surface area contributed by atoms with E-state index in [0.29, 0.717) is 17.9 Å². The Kier molecular flexibility index (Phi) is 4.93. The lowest BCUT2D eigenvalue weighted by atomic mass is 10.1. The molecule has 3 rings (SSSR count). The van der Waals surface area contributed by atoms with Gasteiger partial charge in [0.25, 0.3) is 0 Å². The van der Waals surface area contributed by atoms with Crippen LogP contribution in [0.5, 0.6) is 0 Å². The highest BCUT2D eigenvalue weighted by molar-refractivity contribution is 9.10. The van der Waals surface area contributed by atoms with Crippen LogP contribution in [-0.4, -0.2) is 18.3 Å². The summed E-state index contributed by atoms with van der Waals surface area (Å²) in [6.45, 7) is 5.13.